The smallest absolute Gasteiger partial charge is 0.119 e. The summed E-state index contributed by atoms with van der Waals surface area (Å²) in [5, 5.41) is 3.39. The van der Waals surface area contributed by atoms with Gasteiger partial charge in [0.05, 0.1) is 0 Å². The van der Waals surface area contributed by atoms with E-state index in [0.717, 1.165) is 29.9 Å². The predicted molar refractivity (Wildman–Crippen MR) is 76.6 cm³/mol. The van der Waals surface area contributed by atoms with Crippen molar-refractivity contribution in [3.8, 4) is 5.75 Å². The topological polar surface area (TPSA) is 21.3 Å². The monoisotopic (exact) mass is 299 g/mol. The van der Waals surface area contributed by atoms with E-state index in [9.17, 15) is 0 Å². The van der Waals surface area contributed by atoms with Crippen molar-refractivity contribution in [3.63, 3.8) is 0 Å². The molecule has 0 unspecified atom stereocenters. The average molecular weight is 300 g/mol. The lowest BCUT2D eigenvalue weighted by Gasteiger charge is -2.07. The van der Waals surface area contributed by atoms with E-state index in [-0.39, 0.29) is 0 Å². The summed E-state index contributed by atoms with van der Waals surface area (Å²) in [7, 11) is 0. The highest BCUT2D eigenvalue weighted by molar-refractivity contribution is 9.10. The summed E-state index contributed by atoms with van der Waals surface area (Å²) in [4.78, 5) is 0. The third kappa shape index (κ3) is 7.40. The summed E-state index contributed by atoms with van der Waals surface area (Å²) in [6, 6.07) is 7.94. The maximum atomic E-state index is 5.61. The van der Waals surface area contributed by atoms with Crippen LogP contribution in [0.3, 0.4) is 0 Å². The van der Waals surface area contributed by atoms with Crippen LogP contribution in [0.5, 0.6) is 5.75 Å². The number of unbranched alkanes of at least 4 members (excludes halogenated alkanes) is 3. The van der Waals surface area contributed by atoms with Gasteiger partial charge in [-0.25, -0.2) is 0 Å². The maximum Gasteiger partial charge on any atom is 0.119 e. The van der Waals surface area contributed by atoms with Crippen LogP contribution in [-0.2, 0) is 0 Å². The Morgan fingerprint density at radius 1 is 1.06 bits per heavy atom. The number of hydrogen-bond acceptors (Lipinski definition) is 2. The molecule has 2 nitrogen and oxygen atoms in total. The Bertz CT molecular complexity index is 287. The fraction of sp³-hybridized carbons (Fsp3) is 0.571. The van der Waals surface area contributed by atoms with Crippen molar-refractivity contribution in [2.45, 2.75) is 32.6 Å². The van der Waals surface area contributed by atoms with Crippen LogP contribution in [0.15, 0.2) is 28.7 Å². The quantitative estimate of drug-likeness (QED) is 0.696. The number of rotatable bonds is 9. The SMILES string of the molecule is CCCCCCNCCOc1ccc(Br)cc1. The second-order valence-electron chi connectivity index (χ2n) is 4.11. The van der Waals surface area contributed by atoms with Gasteiger partial charge in [0.25, 0.3) is 0 Å². The molecule has 0 heterocycles. The molecule has 1 N–H and O–H groups in total. The third-order valence-corrected chi connectivity index (χ3v) is 3.10. The second kappa shape index (κ2) is 9.49. The first-order valence-electron chi connectivity index (χ1n) is 6.42. The van der Waals surface area contributed by atoms with Crippen LogP contribution in [0, 0.1) is 0 Å². The standard InChI is InChI=1S/C14H22BrNO/c1-2-3-4-5-10-16-11-12-17-14-8-6-13(15)7-9-14/h6-9,16H,2-5,10-12H2,1H3. The van der Waals surface area contributed by atoms with E-state index in [0.29, 0.717) is 0 Å². The molecule has 0 spiro atoms. The van der Waals surface area contributed by atoms with Crippen LogP contribution >= 0.6 is 15.9 Å². The van der Waals surface area contributed by atoms with E-state index in [2.05, 4.69) is 28.2 Å². The Morgan fingerprint density at radius 2 is 1.82 bits per heavy atom. The van der Waals surface area contributed by atoms with Crippen molar-refractivity contribution in [1.82, 2.24) is 5.32 Å². The van der Waals surface area contributed by atoms with E-state index in [1.54, 1.807) is 0 Å². The molecule has 17 heavy (non-hydrogen) atoms. The molecule has 0 aliphatic rings. The van der Waals surface area contributed by atoms with Crippen LogP contribution in [0.4, 0.5) is 0 Å². The Labute approximate surface area is 113 Å². The normalized spacial score (nSPS) is 10.5. The molecule has 0 radical (unpaired) electrons. The van der Waals surface area contributed by atoms with Crippen LogP contribution in [-0.4, -0.2) is 19.7 Å². The molecule has 3 heteroatoms. The van der Waals surface area contributed by atoms with E-state index in [4.69, 9.17) is 4.74 Å². The lowest BCUT2D eigenvalue weighted by molar-refractivity contribution is 0.313. The molecule has 0 amide bonds. The van der Waals surface area contributed by atoms with Gasteiger partial charge in [0, 0.05) is 11.0 Å². The summed E-state index contributed by atoms with van der Waals surface area (Å²) >= 11 is 3.40. The zero-order valence-electron chi connectivity index (χ0n) is 10.5. The van der Waals surface area contributed by atoms with Gasteiger partial charge in [-0.2, -0.15) is 0 Å². The summed E-state index contributed by atoms with van der Waals surface area (Å²) in [5.74, 6) is 0.931. The van der Waals surface area contributed by atoms with E-state index in [1.165, 1.54) is 25.7 Å². The molecule has 0 atom stereocenters. The van der Waals surface area contributed by atoms with Crippen molar-refractivity contribution in [1.29, 1.82) is 0 Å². The van der Waals surface area contributed by atoms with E-state index >= 15 is 0 Å². The summed E-state index contributed by atoms with van der Waals surface area (Å²) in [6.07, 6.45) is 5.24. The minimum Gasteiger partial charge on any atom is -0.492 e. The zero-order chi connectivity index (χ0) is 12.3. The van der Waals surface area contributed by atoms with Crippen LogP contribution in [0.2, 0.25) is 0 Å². The maximum absolute atomic E-state index is 5.61. The van der Waals surface area contributed by atoms with Crippen molar-refractivity contribution in [2.24, 2.45) is 0 Å². The number of ether oxygens (including phenoxy) is 1. The second-order valence-corrected chi connectivity index (χ2v) is 5.03. The number of halogens is 1. The lowest BCUT2D eigenvalue weighted by Crippen LogP contribution is -2.22. The van der Waals surface area contributed by atoms with Crippen LogP contribution < -0.4 is 10.1 Å². The van der Waals surface area contributed by atoms with Gasteiger partial charge in [0.15, 0.2) is 0 Å². The Kier molecular flexibility index (Phi) is 8.10. The van der Waals surface area contributed by atoms with Gasteiger partial charge < -0.3 is 10.1 Å². The van der Waals surface area contributed by atoms with Crippen molar-refractivity contribution < 1.29 is 4.74 Å². The number of nitrogens with one attached hydrogen (secondary N) is 1. The number of hydrogen-bond donors (Lipinski definition) is 1. The van der Waals surface area contributed by atoms with Crippen molar-refractivity contribution >= 4 is 15.9 Å². The molecule has 96 valence electrons. The minimum absolute atomic E-state index is 0.732. The van der Waals surface area contributed by atoms with Gasteiger partial charge in [-0.15, -0.1) is 0 Å². The molecule has 1 aromatic rings. The first-order valence-corrected chi connectivity index (χ1v) is 7.21. The fourth-order valence-corrected chi connectivity index (χ4v) is 1.84. The summed E-state index contributed by atoms with van der Waals surface area (Å²) < 4.78 is 6.69. The van der Waals surface area contributed by atoms with Gasteiger partial charge in [0.2, 0.25) is 0 Å². The molecule has 1 aromatic carbocycles. The van der Waals surface area contributed by atoms with E-state index < -0.39 is 0 Å². The Morgan fingerprint density at radius 3 is 2.53 bits per heavy atom. The molecule has 0 aromatic heterocycles. The molecule has 0 aliphatic heterocycles. The third-order valence-electron chi connectivity index (χ3n) is 2.57. The average Bonchev–Trinajstić information content (AvgIpc) is 2.35. The molecule has 1 rings (SSSR count). The largest absolute Gasteiger partial charge is 0.492 e. The predicted octanol–water partition coefficient (Wildman–Crippen LogP) is 4.00. The minimum atomic E-state index is 0.732. The lowest BCUT2D eigenvalue weighted by atomic mass is 10.2. The van der Waals surface area contributed by atoms with Crippen molar-refractivity contribution in [3.05, 3.63) is 28.7 Å². The van der Waals surface area contributed by atoms with Crippen molar-refractivity contribution in [2.75, 3.05) is 19.7 Å². The van der Waals surface area contributed by atoms with Gasteiger partial charge >= 0.3 is 0 Å². The highest BCUT2D eigenvalue weighted by atomic mass is 79.9. The highest BCUT2D eigenvalue weighted by Gasteiger charge is 1.93. The van der Waals surface area contributed by atoms with Gasteiger partial charge in [-0.1, -0.05) is 42.1 Å². The molecule has 0 saturated heterocycles. The van der Waals surface area contributed by atoms with Gasteiger partial charge in [-0.3, -0.25) is 0 Å². The summed E-state index contributed by atoms with van der Waals surface area (Å²) in [5.41, 5.74) is 0. The molecule has 0 aliphatic carbocycles. The first kappa shape index (κ1) is 14.5. The molecular weight excluding hydrogens is 278 g/mol. The first-order chi connectivity index (χ1) is 8.33. The van der Waals surface area contributed by atoms with Gasteiger partial charge in [0.1, 0.15) is 12.4 Å². The Hall–Kier alpha value is -0.540. The Balaban J connectivity index is 1.95. The summed E-state index contributed by atoms with van der Waals surface area (Å²) in [6.45, 7) is 4.99. The molecule has 0 fully saturated rings. The zero-order valence-corrected chi connectivity index (χ0v) is 12.1. The van der Waals surface area contributed by atoms with Crippen LogP contribution in [0.1, 0.15) is 32.6 Å². The fourth-order valence-electron chi connectivity index (χ4n) is 1.57. The van der Waals surface area contributed by atoms with E-state index in [1.807, 2.05) is 24.3 Å². The van der Waals surface area contributed by atoms with Crippen LogP contribution in [0.25, 0.3) is 0 Å². The molecular formula is C14H22BrNO. The molecule has 0 saturated carbocycles. The highest BCUT2D eigenvalue weighted by Crippen LogP contribution is 2.15. The number of benzene rings is 1. The van der Waals surface area contributed by atoms with Gasteiger partial charge in [-0.05, 0) is 37.2 Å². The molecule has 0 bridgehead atoms.